The first kappa shape index (κ1) is 17.9. The van der Waals surface area contributed by atoms with E-state index in [0.29, 0.717) is 12.0 Å². The summed E-state index contributed by atoms with van der Waals surface area (Å²) in [5.74, 6) is 0.468. The minimum Gasteiger partial charge on any atom is -0.497 e. The maximum Gasteiger partial charge on any atom is 0.170 e. The van der Waals surface area contributed by atoms with Crippen LogP contribution in [0.4, 0.5) is 0 Å². The number of benzene rings is 2. The number of ketones is 2. The first-order chi connectivity index (χ1) is 11.3. The molecule has 2 aromatic rings. The van der Waals surface area contributed by atoms with E-state index in [4.69, 9.17) is 4.74 Å². The highest BCUT2D eigenvalue weighted by atomic mass is 16.5. The SMILES string of the molecule is COc1ccc(C(C(=O)c2ccccc2)C(C)(C)CC(C)=O)cc1. The van der Waals surface area contributed by atoms with Crippen LogP contribution in [0.2, 0.25) is 0 Å². The highest BCUT2D eigenvalue weighted by Gasteiger charge is 2.37. The fourth-order valence-corrected chi connectivity index (χ4v) is 3.27. The first-order valence-corrected chi connectivity index (χ1v) is 8.08. The highest BCUT2D eigenvalue weighted by Crippen LogP contribution is 2.41. The molecule has 0 spiro atoms. The van der Waals surface area contributed by atoms with E-state index in [-0.39, 0.29) is 11.6 Å². The molecule has 0 aliphatic rings. The van der Waals surface area contributed by atoms with E-state index in [2.05, 4.69) is 0 Å². The number of methoxy groups -OCH3 is 1. The average Bonchev–Trinajstić information content (AvgIpc) is 2.55. The first-order valence-electron chi connectivity index (χ1n) is 8.08. The molecule has 0 bridgehead atoms. The molecule has 2 rings (SSSR count). The molecule has 0 aliphatic carbocycles. The van der Waals surface area contributed by atoms with Gasteiger partial charge in [0.2, 0.25) is 0 Å². The molecule has 0 saturated carbocycles. The fraction of sp³-hybridized carbons (Fsp3) is 0.333. The summed E-state index contributed by atoms with van der Waals surface area (Å²) in [5, 5.41) is 0. The molecule has 2 aromatic carbocycles. The molecule has 24 heavy (non-hydrogen) atoms. The van der Waals surface area contributed by atoms with Crippen molar-refractivity contribution in [3.8, 4) is 5.75 Å². The van der Waals surface area contributed by atoms with Crippen molar-refractivity contribution in [1.82, 2.24) is 0 Å². The number of carbonyl (C=O) groups excluding carboxylic acids is 2. The Labute approximate surface area is 143 Å². The largest absolute Gasteiger partial charge is 0.497 e. The Morgan fingerprint density at radius 2 is 1.58 bits per heavy atom. The van der Waals surface area contributed by atoms with Crippen LogP contribution in [0.15, 0.2) is 54.6 Å². The van der Waals surface area contributed by atoms with Crippen molar-refractivity contribution in [3.63, 3.8) is 0 Å². The Balaban J connectivity index is 2.48. The van der Waals surface area contributed by atoms with Crippen LogP contribution in [-0.4, -0.2) is 18.7 Å². The lowest BCUT2D eigenvalue weighted by atomic mass is 9.69. The number of hydrogen-bond acceptors (Lipinski definition) is 3. The van der Waals surface area contributed by atoms with E-state index in [1.165, 1.54) is 0 Å². The Hall–Kier alpha value is -2.42. The molecule has 1 atom stereocenters. The standard InChI is InChI=1S/C21H24O3/c1-15(22)14-21(2,3)19(16-10-12-18(24-4)13-11-16)20(23)17-8-6-5-7-9-17/h5-13,19H,14H2,1-4H3. The zero-order valence-electron chi connectivity index (χ0n) is 14.7. The summed E-state index contributed by atoms with van der Waals surface area (Å²) in [7, 11) is 1.61. The van der Waals surface area contributed by atoms with E-state index in [1.807, 2.05) is 68.4 Å². The number of Topliss-reactive ketones (excluding diaryl/α,β-unsaturated/α-hetero) is 2. The Morgan fingerprint density at radius 1 is 1.00 bits per heavy atom. The number of carbonyl (C=O) groups is 2. The minimum absolute atomic E-state index is 0.0343. The topological polar surface area (TPSA) is 43.4 Å². The van der Waals surface area contributed by atoms with Crippen LogP contribution in [0.5, 0.6) is 5.75 Å². The third kappa shape index (κ3) is 4.10. The smallest absolute Gasteiger partial charge is 0.170 e. The summed E-state index contributed by atoms with van der Waals surface area (Å²) >= 11 is 0. The van der Waals surface area contributed by atoms with Gasteiger partial charge >= 0.3 is 0 Å². The maximum atomic E-state index is 13.2. The molecule has 0 fully saturated rings. The molecule has 0 radical (unpaired) electrons. The van der Waals surface area contributed by atoms with Crippen molar-refractivity contribution >= 4 is 11.6 Å². The summed E-state index contributed by atoms with van der Waals surface area (Å²) in [6.07, 6.45) is 0.349. The zero-order valence-corrected chi connectivity index (χ0v) is 14.7. The minimum atomic E-state index is -0.479. The van der Waals surface area contributed by atoms with Crippen molar-refractivity contribution in [3.05, 3.63) is 65.7 Å². The predicted molar refractivity (Wildman–Crippen MR) is 95.6 cm³/mol. The van der Waals surface area contributed by atoms with Gasteiger partial charge in [-0.2, -0.15) is 0 Å². The molecule has 0 saturated heterocycles. The van der Waals surface area contributed by atoms with E-state index in [9.17, 15) is 9.59 Å². The van der Waals surface area contributed by atoms with Gasteiger partial charge in [-0.25, -0.2) is 0 Å². The summed E-state index contributed by atoms with van der Waals surface area (Å²) in [6.45, 7) is 5.52. The van der Waals surface area contributed by atoms with Crippen LogP contribution in [-0.2, 0) is 4.79 Å². The molecule has 3 nitrogen and oxygen atoms in total. The molecule has 0 aromatic heterocycles. The van der Waals surface area contributed by atoms with Gasteiger partial charge < -0.3 is 9.53 Å². The third-order valence-corrected chi connectivity index (χ3v) is 4.26. The van der Waals surface area contributed by atoms with Crippen molar-refractivity contribution in [2.45, 2.75) is 33.1 Å². The Morgan fingerprint density at radius 3 is 2.08 bits per heavy atom. The number of ether oxygens (including phenoxy) is 1. The third-order valence-electron chi connectivity index (χ3n) is 4.26. The van der Waals surface area contributed by atoms with Crippen molar-refractivity contribution in [2.24, 2.45) is 5.41 Å². The fourth-order valence-electron chi connectivity index (χ4n) is 3.27. The molecule has 126 valence electrons. The molecule has 0 aliphatic heterocycles. The number of hydrogen-bond donors (Lipinski definition) is 0. The van der Waals surface area contributed by atoms with Crippen molar-refractivity contribution in [1.29, 1.82) is 0 Å². The van der Waals surface area contributed by atoms with Crippen LogP contribution < -0.4 is 4.74 Å². The lowest BCUT2D eigenvalue weighted by Crippen LogP contribution is -2.31. The van der Waals surface area contributed by atoms with Gasteiger partial charge in [-0.1, -0.05) is 56.3 Å². The maximum absolute atomic E-state index is 13.2. The number of rotatable bonds is 7. The van der Waals surface area contributed by atoms with Crippen molar-refractivity contribution < 1.29 is 14.3 Å². The van der Waals surface area contributed by atoms with Crippen LogP contribution in [0.1, 0.15) is 49.0 Å². The second kappa shape index (κ2) is 7.43. The second-order valence-electron chi connectivity index (χ2n) is 6.80. The summed E-state index contributed by atoms with van der Waals surface area (Å²) in [6, 6.07) is 16.8. The molecular formula is C21H24O3. The van der Waals surface area contributed by atoms with Crippen LogP contribution in [0, 0.1) is 5.41 Å². The predicted octanol–water partition coefficient (Wildman–Crippen LogP) is 4.67. The van der Waals surface area contributed by atoms with Gasteiger partial charge in [0.05, 0.1) is 13.0 Å². The Kier molecular flexibility index (Phi) is 5.55. The second-order valence-corrected chi connectivity index (χ2v) is 6.80. The van der Waals surface area contributed by atoms with E-state index in [0.717, 1.165) is 11.3 Å². The molecule has 0 amide bonds. The molecule has 0 N–H and O–H groups in total. The zero-order chi connectivity index (χ0) is 17.7. The van der Waals surface area contributed by atoms with E-state index < -0.39 is 11.3 Å². The Bertz CT molecular complexity index is 700. The monoisotopic (exact) mass is 324 g/mol. The lowest BCUT2D eigenvalue weighted by Gasteiger charge is -2.33. The molecule has 3 heteroatoms. The van der Waals surface area contributed by atoms with Crippen LogP contribution in [0.3, 0.4) is 0 Å². The molecule has 0 heterocycles. The van der Waals surface area contributed by atoms with Crippen LogP contribution >= 0.6 is 0 Å². The summed E-state index contributed by atoms with van der Waals surface area (Å²) in [4.78, 5) is 24.9. The van der Waals surface area contributed by atoms with Crippen LogP contribution in [0.25, 0.3) is 0 Å². The quantitative estimate of drug-likeness (QED) is 0.695. The van der Waals surface area contributed by atoms with Gasteiger partial charge in [0.1, 0.15) is 11.5 Å². The average molecular weight is 324 g/mol. The summed E-state index contributed by atoms with van der Waals surface area (Å²) < 4.78 is 5.21. The molecule has 1 unspecified atom stereocenters. The van der Waals surface area contributed by atoms with Gasteiger partial charge in [0, 0.05) is 12.0 Å². The molecular weight excluding hydrogens is 300 g/mol. The highest BCUT2D eigenvalue weighted by molar-refractivity contribution is 6.01. The van der Waals surface area contributed by atoms with Gasteiger partial charge in [0.25, 0.3) is 0 Å². The van der Waals surface area contributed by atoms with Gasteiger partial charge in [-0.05, 0) is 30.0 Å². The van der Waals surface area contributed by atoms with E-state index >= 15 is 0 Å². The lowest BCUT2D eigenvalue weighted by molar-refractivity contribution is -0.119. The van der Waals surface area contributed by atoms with Gasteiger partial charge in [-0.15, -0.1) is 0 Å². The summed E-state index contributed by atoms with van der Waals surface area (Å²) in [5.41, 5.74) is 1.08. The normalized spacial score (nSPS) is 12.5. The van der Waals surface area contributed by atoms with Crippen molar-refractivity contribution in [2.75, 3.05) is 7.11 Å². The van der Waals surface area contributed by atoms with Gasteiger partial charge in [0.15, 0.2) is 5.78 Å². The van der Waals surface area contributed by atoms with E-state index in [1.54, 1.807) is 14.0 Å². The van der Waals surface area contributed by atoms with Gasteiger partial charge in [-0.3, -0.25) is 4.79 Å².